The topological polar surface area (TPSA) is 49.4 Å². The van der Waals surface area contributed by atoms with E-state index in [9.17, 15) is 8.42 Å². The van der Waals surface area contributed by atoms with Crippen molar-refractivity contribution in [1.29, 1.82) is 0 Å². The second-order valence-corrected chi connectivity index (χ2v) is 7.49. The highest BCUT2D eigenvalue weighted by Gasteiger charge is 2.20. The third-order valence-electron chi connectivity index (χ3n) is 3.59. The maximum atomic E-state index is 12.3. The van der Waals surface area contributed by atoms with Crippen LogP contribution in [0.2, 0.25) is 0 Å². The molecule has 1 aliphatic carbocycles. The molecular formula is C15H24N2O2S. The molecule has 0 heterocycles. The average molecular weight is 296 g/mol. The lowest BCUT2D eigenvalue weighted by molar-refractivity contribution is 0.468. The van der Waals surface area contributed by atoms with Gasteiger partial charge in [0.15, 0.2) is 0 Å². The molecule has 1 saturated carbocycles. The van der Waals surface area contributed by atoms with Gasteiger partial charge in [0.1, 0.15) is 0 Å². The number of rotatable bonds is 8. The molecule has 4 nitrogen and oxygen atoms in total. The smallest absolute Gasteiger partial charge is 0.242 e. The van der Waals surface area contributed by atoms with E-state index in [1.807, 2.05) is 19.1 Å². The van der Waals surface area contributed by atoms with Crippen molar-refractivity contribution in [3.05, 3.63) is 29.8 Å². The molecule has 0 unspecified atom stereocenters. The predicted molar refractivity (Wildman–Crippen MR) is 81.3 cm³/mol. The van der Waals surface area contributed by atoms with Gasteiger partial charge < -0.3 is 5.32 Å². The highest BCUT2D eigenvalue weighted by atomic mass is 32.2. The van der Waals surface area contributed by atoms with Gasteiger partial charge in [-0.05, 0) is 49.9 Å². The van der Waals surface area contributed by atoms with E-state index < -0.39 is 10.0 Å². The van der Waals surface area contributed by atoms with E-state index in [2.05, 4.69) is 5.32 Å². The molecule has 1 aromatic carbocycles. The summed E-state index contributed by atoms with van der Waals surface area (Å²) >= 11 is 0. The van der Waals surface area contributed by atoms with Crippen LogP contribution in [-0.4, -0.2) is 38.9 Å². The van der Waals surface area contributed by atoms with E-state index in [4.69, 9.17) is 0 Å². The molecule has 0 aliphatic heterocycles. The van der Waals surface area contributed by atoms with Crippen LogP contribution < -0.4 is 5.32 Å². The molecule has 1 aliphatic rings. The fourth-order valence-electron chi connectivity index (χ4n) is 2.15. The van der Waals surface area contributed by atoms with Gasteiger partial charge in [-0.25, -0.2) is 12.7 Å². The highest BCUT2D eigenvalue weighted by molar-refractivity contribution is 7.89. The zero-order valence-corrected chi connectivity index (χ0v) is 13.1. The predicted octanol–water partition coefficient (Wildman–Crippen LogP) is 2.01. The van der Waals surface area contributed by atoms with Gasteiger partial charge in [-0.1, -0.05) is 19.1 Å². The largest absolute Gasteiger partial charge is 0.314 e. The second kappa shape index (κ2) is 6.70. The quantitative estimate of drug-likeness (QED) is 0.798. The minimum atomic E-state index is -3.32. The maximum absolute atomic E-state index is 12.3. The SMILES string of the molecule is CCCN(C)S(=O)(=O)c1ccc(CCNC2CC2)cc1. The Labute approximate surface area is 122 Å². The first-order chi connectivity index (χ1) is 9.54. The van der Waals surface area contributed by atoms with Crippen molar-refractivity contribution in [3.63, 3.8) is 0 Å². The van der Waals surface area contributed by atoms with Crippen LogP contribution in [0.15, 0.2) is 29.2 Å². The van der Waals surface area contributed by atoms with Crippen molar-refractivity contribution >= 4 is 10.0 Å². The Morgan fingerprint density at radius 1 is 1.25 bits per heavy atom. The van der Waals surface area contributed by atoms with Gasteiger partial charge in [0.05, 0.1) is 4.90 Å². The fourth-order valence-corrected chi connectivity index (χ4v) is 3.41. The van der Waals surface area contributed by atoms with E-state index in [0.29, 0.717) is 11.4 Å². The molecule has 1 fully saturated rings. The molecule has 0 saturated heterocycles. The van der Waals surface area contributed by atoms with E-state index in [1.54, 1.807) is 19.2 Å². The summed E-state index contributed by atoms with van der Waals surface area (Å²) in [5.74, 6) is 0. The number of benzene rings is 1. The number of nitrogens with one attached hydrogen (secondary N) is 1. The Balaban J connectivity index is 1.95. The molecule has 0 radical (unpaired) electrons. The molecule has 20 heavy (non-hydrogen) atoms. The van der Waals surface area contributed by atoms with Crippen molar-refractivity contribution in [1.82, 2.24) is 9.62 Å². The Morgan fingerprint density at radius 2 is 1.90 bits per heavy atom. The molecule has 112 valence electrons. The van der Waals surface area contributed by atoms with Crippen molar-refractivity contribution in [3.8, 4) is 0 Å². The summed E-state index contributed by atoms with van der Waals surface area (Å²) in [6.45, 7) is 3.49. The maximum Gasteiger partial charge on any atom is 0.242 e. The van der Waals surface area contributed by atoms with Gasteiger partial charge in [-0.3, -0.25) is 0 Å². The Morgan fingerprint density at radius 3 is 2.45 bits per heavy atom. The number of hydrogen-bond donors (Lipinski definition) is 1. The van der Waals surface area contributed by atoms with Crippen LogP contribution in [0, 0.1) is 0 Å². The summed E-state index contributed by atoms with van der Waals surface area (Å²) in [6.07, 6.45) is 4.35. The van der Waals surface area contributed by atoms with Crippen LogP contribution in [0.3, 0.4) is 0 Å². The lowest BCUT2D eigenvalue weighted by Crippen LogP contribution is -2.27. The third kappa shape index (κ3) is 4.04. The zero-order valence-electron chi connectivity index (χ0n) is 12.3. The standard InChI is InChI=1S/C15H24N2O2S/c1-3-12-17(2)20(18,19)15-8-4-13(5-9-15)10-11-16-14-6-7-14/h4-5,8-9,14,16H,3,6-7,10-12H2,1-2H3. The van der Waals surface area contributed by atoms with Gasteiger partial charge in [-0.2, -0.15) is 0 Å². The first kappa shape index (κ1) is 15.5. The molecule has 0 bridgehead atoms. The van der Waals surface area contributed by atoms with Crippen LogP contribution in [0.5, 0.6) is 0 Å². The summed E-state index contributed by atoms with van der Waals surface area (Å²) < 4.78 is 25.9. The lowest BCUT2D eigenvalue weighted by Gasteiger charge is -2.16. The Kier molecular flexibility index (Phi) is 5.18. The monoisotopic (exact) mass is 296 g/mol. The van der Waals surface area contributed by atoms with Gasteiger partial charge >= 0.3 is 0 Å². The van der Waals surface area contributed by atoms with E-state index in [1.165, 1.54) is 22.7 Å². The fraction of sp³-hybridized carbons (Fsp3) is 0.600. The number of nitrogens with zero attached hydrogens (tertiary/aromatic N) is 1. The highest BCUT2D eigenvalue weighted by Crippen LogP contribution is 2.19. The summed E-state index contributed by atoms with van der Waals surface area (Å²) in [4.78, 5) is 0.382. The minimum absolute atomic E-state index is 0.382. The molecule has 0 amide bonds. The number of sulfonamides is 1. The lowest BCUT2D eigenvalue weighted by atomic mass is 10.1. The van der Waals surface area contributed by atoms with Crippen LogP contribution >= 0.6 is 0 Å². The molecule has 2 rings (SSSR count). The molecule has 1 N–H and O–H groups in total. The second-order valence-electron chi connectivity index (χ2n) is 5.45. The van der Waals surface area contributed by atoms with Gasteiger partial charge in [0, 0.05) is 19.6 Å². The Bertz CT molecular complexity index is 521. The normalized spacial score (nSPS) is 15.8. The number of hydrogen-bond acceptors (Lipinski definition) is 3. The zero-order chi connectivity index (χ0) is 14.6. The van der Waals surface area contributed by atoms with E-state index in [0.717, 1.165) is 25.4 Å². The van der Waals surface area contributed by atoms with Crippen LogP contribution in [0.25, 0.3) is 0 Å². The van der Waals surface area contributed by atoms with E-state index >= 15 is 0 Å². The molecule has 0 aromatic heterocycles. The van der Waals surface area contributed by atoms with Gasteiger partial charge in [0.25, 0.3) is 0 Å². The van der Waals surface area contributed by atoms with Crippen molar-refractivity contribution in [2.75, 3.05) is 20.1 Å². The average Bonchev–Trinajstić information content (AvgIpc) is 3.24. The van der Waals surface area contributed by atoms with Crippen molar-refractivity contribution in [2.24, 2.45) is 0 Å². The molecule has 5 heteroatoms. The summed E-state index contributed by atoms with van der Waals surface area (Å²) in [7, 11) is -1.69. The third-order valence-corrected chi connectivity index (χ3v) is 5.47. The van der Waals surface area contributed by atoms with Crippen molar-refractivity contribution in [2.45, 2.75) is 43.5 Å². The van der Waals surface area contributed by atoms with Gasteiger partial charge in [0.2, 0.25) is 10.0 Å². The molecule has 1 aromatic rings. The van der Waals surface area contributed by atoms with Crippen LogP contribution in [-0.2, 0) is 16.4 Å². The molecule has 0 spiro atoms. The molecule has 0 atom stereocenters. The van der Waals surface area contributed by atoms with E-state index in [-0.39, 0.29) is 0 Å². The van der Waals surface area contributed by atoms with Crippen LogP contribution in [0.4, 0.5) is 0 Å². The van der Waals surface area contributed by atoms with Gasteiger partial charge in [-0.15, -0.1) is 0 Å². The summed E-state index contributed by atoms with van der Waals surface area (Å²) in [5.41, 5.74) is 1.18. The first-order valence-electron chi connectivity index (χ1n) is 7.32. The van der Waals surface area contributed by atoms with Crippen LogP contribution in [0.1, 0.15) is 31.7 Å². The first-order valence-corrected chi connectivity index (χ1v) is 8.76. The Hall–Kier alpha value is -0.910. The minimum Gasteiger partial charge on any atom is -0.314 e. The molecular weight excluding hydrogens is 272 g/mol. The van der Waals surface area contributed by atoms with Crippen molar-refractivity contribution < 1.29 is 8.42 Å². The summed E-state index contributed by atoms with van der Waals surface area (Å²) in [6, 6.07) is 7.99. The summed E-state index contributed by atoms with van der Waals surface area (Å²) in [5, 5.41) is 3.46.